The number of aliphatic hydroxyl groups is 1. The Morgan fingerprint density at radius 2 is 2.43 bits per heavy atom. The van der Waals surface area contributed by atoms with E-state index in [0.29, 0.717) is 0 Å². The SMILES string of the molecule is N#Cc1cccc2c1C[C@@H](CO)NC2. The van der Waals surface area contributed by atoms with Crippen molar-refractivity contribution < 1.29 is 5.11 Å². The molecule has 3 heteroatoms. The van der Waals surface area contributed by atoms with Crippen LogP contribution in [0.2, 0.25) is 0 Å². The van der Waals surface area contributed by atoms with Gasteiger partial charge in [0, 0.05) is 12.6 Å². The molecule has 0 spiro atoms. The van der Waals surface area contributed by atoms with Gasteiger partial charge in [0.15, 0.2) is 0 Å². The minimum Gasteiger partial charge on any atom is -0.395 e. The zero-order valence-corrected chi connectivity index (χ0v) is 7.83. The molecule has 1 aliphatic rings. The molecule has 1 heterocycles. The maximum atomic E-state index is 9.03. The fourth-order valence-corrected chi connectivity index (χ4v) is 1.85. The third kappa shape index (κ3) is 1.50. The van der Waals surface area contributed by atoms with Crippen LogP contribution in [0.1, 0.15) is 16.7 Å². The second kappa shape index (κ2) is 3.79. The van der Waals surface area contributed by atoms with Crippen LogP contribution in [0.5, 0.6) is 0 Å². The lowest BCUT2D eigenvalue weighted by atomic mass is 9.92. The standard InChI is InChI=1S/C11H12N2O/c12-5-8-2-1-3-9-6-13-10(7-14)4-11(8)9/h1-3,10,13-14H,4,6-7H2/t10-/m0/s1. The van der Waals surface area contributed by atoms with E-state index in [0.717, 1.165) is 24.1 Å². The fourth-order valence-electron chi connectivity index (χ4n) is 1.85. The molecular weight excluding hydrogens is 176 g/mol. The molecule has 1 aliphatic heterocycles. The Bertz CT molecular complexity index is 381. The molecule has 0 saturated heterocycles. The maximum absolute atomic E-state index is 9.03. The second-order valence-electron chi connectivity index (χ2n) is 3.52. The topological polar surface area (TPSA) is 56.0 Å². The summed E-state index contributed by atoms with van der Waals surface area (Å²) in [7, 11) is 0. The van der Waals surface area contributed by atoms with E-state index in [1.165, 1.54) is 5.56 Å². The van der Waals surface area contributed by atoms with Crippen LogP contribution >= 0.6 is 0 Å². The van der Waals surface area contributed by atoms with Crippen LogP contribution in [0.25, 0.3) is 0 Å². The van der Waals surface area contributed by atoms with Crippen LogP contribution in [0.15, 0.2) is 18.2 Å². The highest BCUT2D eigenvalue weighted by atomic mass is 16.3. The Hall–Kier alpha value is -1.37. The van der Waals surface area contributed by atoms with Crippen LogP contribution in [0, 0.1) is 11.3 Å². The van der Waals surface area contributed by atoms with Gasteiger partial charge in [0.1, 0.15) is 0 Å². The van der Waals surface area contributed by atoms with Crippen molar-refractivity contribution in [1.82, 2.24) is 5.32 Å². The molecule has 72 valence electrons. The van der Waals surface area contributed by atoms with Gasteiger partial charge in [-0.2, -0.15) is 5.26 Å². The maximum Gasteiger partial charge on any atom is 0.0994 e. The van der Waals surface area contributed by atoms with Crippen molar-refractivity contribution >= 4 is 0 Å². The molecule has 2 rings (SSSR count). The molecule has 0 radical (unpaired) electrons. The van der Waals surface area contributed by atoms with Crippen molar-refractivity contribution in [3.63, 3.8) is 0 Å². The van der Waals surface area contributed by atoms with Gasteiger partial charge in [0.25, 0.3) is 0 Å². The second-order valence-corrected chi connectivity index (χ2v) is 3.52. The van der Waals surface area contributed by atoms with Crippen molar-refractivity contribution in [3.05, 3.63) is 34.9 Å². The van der Waals surface area contributed by atoms with E-state index in [1.807, 2.05) is 18.2 Å². The zero-order chi connectivity index (χ0) is 9.97. The predicted octanol–water partition coefficient (Wildman–Crippen LogP) is 0.565. The average molecular weight is 188 g/mol. The lowest BCUT2D eigenvalue weighted by Crippen LogP contribution is -2.38. The number of fused-ring (bicyclic) bond motifs is 1. The van der Waals surface area contributed by atoms with E-state index in [4.69, 9.17) is 10.4 Å². The Morgan fingerprint density at radius 1 is 1.57 bits per heavy atom. The highest BCUT2D eigenvalue weighted by Crippen LogP contribution is 2.20. The van der Waals surface area contributed by atoms with E-state index >= 15 is 0 Å². The summed E-state index contributed by atoms with van der Waals surface area (Å²) in [4.78, 5) is 0. The normalized spacial score (nSPS) is 19.9. The van der Waals surface area contributed by atoms with Crippen molar-refractivity contribution in [2.24, 2.45) is 0 Å². The number of nitrogens with one attached hydrogen (secondary N) is 1. The molecule has 0 amide bonds. The number of hydrogen-bond donors (Lipinski definition) is 2. The molecule has 0 saturated carbocycles. The Labute approximate surface area is 83.0 Å². The van der Waals surface area contributed by atoms with Gasteiger partial charge in [-0.25, -0.2) is 0 Å². The highest BCUT2D eigenvalue weighted by molar-refractivity contribution is 5.44. The Kier molecular flexibility index (Phi) is 2.49. The summed E-state index contributed by atoms with van der Waals surface area (Å²) in [5.41, 5.74) is 3.00. The van der Waals surface area contributed by atoms with E-state index < -0.39 is 0 Å². The van der Waals surface area contributed by atoms with Gasteiger partial charge < -0.3 is 10.4 Å². The smallest absolute Gasteiger partial charge is 0.0994 e. The molecule has 0 fully saturated rings. The average Bonchev–Trinajstić information content (AvgIpc) is 2.27. The number of aliphatic hydroxyl groups excluding tert-OH is 1. The summed E-state index contributed by atoms with van der Waals surface area (Å²) >= 11 is 0. The Balaban J connectivity index is 2.39. The van der Waals surface area contributed by atoms with Gasteiger partial charge in [-0.15, -0.1) is 0 Å². The summed E-state index contributed by atoms with van der Waals surface area (Å²) in [6.45, 7) is 0.870. The quantitative estimate of drug-likeness (QED) is 0.677. The minimum atomic E-state index is 0.0944. The zero-order valence-electron chi connectivity index (χ0n) is 7.83. The first-order valence-electron chi connectivity index (χ1n) is 4.70. The molecule has 0 aliphatic carbocycles. The van der Waals surface area contributed by atoms with Crippen LogP contribution in [0.3, 0.4) is 0 Å². The highest BCUT2D eigenvalue weighted by Gasteiger charge is 2.19. The van der Waals surface area contributed by atoms with Gasteiger partial charge in [0.05, 0.1) is 18.2 Å². The fraction of sp³-hybridized carbons (Fsp3) is 0.364. The largest absolute Gasteiger partial charge is 0.395 e. The van der Waals surface area contributed by atoms with Crippen molar-refractivity contribution in [3.8, 4) is 6.07 Å². The summed E-state index contributed by atoms with van der Waals surface area (Å²) in [6, 6.07) is 8.04. The monoisotopic (exact) mass is 188 g/mol. The van der Waals surface area contributed by atoms with Gasteiger partial charge in [0.2, 0.25) is 0 Å². The molecule has 0 bridgehead atoms. The van der Waals surface area contributed by atoms with Crippen molar-refractivity contribution in [1.29, 1.82) is 5.26 Å². The summed E-state index contributed by atoms with van der Waals surface area (Å²) < 4.78 is 0. The summed E-state index contributed by atoms with van der Waals surface area (Å²) in [5.74, 6) is 0. The molecule has 1 aromatic carbocycles. The van der Waals surface area contributed by atoms with Gasteiger partial charge in [-0.1, -0.05) is 12.1 Å². The van der Waals surface area contributed by atoms with Crippen LogP contribution in [-0.4, -0.2) is 17.8 Å². The molecule has 0 aromatic heterocycles. The van der Waals surface area contributed by atoms with Crippen molar-refractivity contribution in [2.75, 3.05) is 6.61 Å². The van der Waals surface area contributed by atoms with E-state index in [9.17, 15) is 0 Å². The number of benzene rings is 1. The molecule has 1 atom stereocenters. The lowest BCUT2D eigenvalue weighted by Gasteiger charge is -2.25. The van der Waals surface area contributed by atoms with Gasteiger partial charge >= 0.3 is 0 Å². The molecule has 3 nitrogen and oxygen atoms in total. The first kappa shape index (κ1) is 9.20. The van der Waals surface area contributed by atoms with E-state index in [1.54, 1.807) is 0 Å². The lowest BCUT2D eigenvalue weighted by molar-refractivity contribution is 0.236. The van der Waals surface area contributed by atoms with E-state index in [2.05, 4.69) is 11.4 Å². The van der Waals surface area contributed by atoms with Crippen LogP contribution in [0.4, 0.5) is 0 Å². The third-order valence-corrected chi connectivity index (χ3v) is 2.65. The molecule has 1 aromatic rings. The third-order valence-electron chi connectivity index (χ3n) is 2.65. The van der Waals surface area contributed by atoms with Gasteiger partial charge in [-0.3, -0.25) is 0 Å². The number of nitrogens with zero attached hydrogens (tertiary/aromatic N) is 1. The van der Waals surface area contributed by atoms with Gasteiger partial charge in [-0.05, 0) is 23.6 Å². The number of rotatable bonds is 1. The van der Waals surface area contributed by atoms with Crippen LogP contribution in [-0.2, 0) is 13.0 Å². The van der Waals surface area contributed by atoms with Crippen molar-refractivity contribution in [2.45, 2.75) is 19.0 Å². The van der Waals surface area contributed by atoms with E-state index in [-0.39, 0.29) is 12.6 Å². The Morgan fingerprint density at radius 3 is 3.14 bits per heavy atom. The summed E-state index contributed by atoms with van der Waals surface area (Å²) in [6.07, 6.45) is 0.746. The molecular formula is C11H12N2O. The number of nitriles is 1. The predicted molar refractivity (Wildman–Crippen MR) is 52.6 cm³/mol. The molecule has 14 heavy (non-hydrogen) atoms. The number of hydrogen-bond acceptors (Lipinski definition) is 3. The first-order valence-corrected chi connectivity index (χ1v) is 4.70. The summed E-state index contributed by atoms with van der Waals surface area (Å²) in [5, 5.41) is 21.2. The van der Waals surface area contributed by atoms with Crippen LogP contribution < -0.4 is 5.32 Å². The minimum absolute atomic E-state index is 0.0944. The molecule has 2 N–H and O–H groups in total. The first-order chi connectivity index (χ1) is 6.85. The molecule has 0 unspecified atom stereocenters.